The van der Waals surface area contributed by atoms with Crippen molar-refractivity contribution < 1.29 is 14.1 Å². The first-order valence-electron chi connectivity index (χ1n) is 10.5. The van der Waals surface area contributed by atoms with E-state index in [0.29, 0.717) is 31.3 Å². The van der Waals surface area contributed by atoms with Crippen LogP contribution in [0.1, 0.15) is 58.8 Å². The number of ether oxygens (including phenoxy) is 1. The first-order valence-corrected chi connectivity index (χ1v) is 10.5. The number of nitrogens with zero attached hydrogens (tertiary/aromatic N) is 4. The van der Waals surface area contributed by atoms with E-state index in [-0.39, 0.29) is 11.9 Å². The average Bonchev–Trinajstić information content (AvgIpc) is 3.36. The zero-order valence-corrected chi connectivity index (χ0v) is 17.8. The van der Waals surface area contributed by atoms with Gasteiger partial charge in [0.15, 0.2) is 5.82 Å². The second kappa shape index (κ2) is 8.83. The molecule has 0 bridgehead atoms. The van der Waals surface area contributed by atoms with Gasteiger partial charge in [0, 0.05) is 37.2 Å². The van der Waals surface area contributed by atoms with Crippen molar-refractivity contribution in [3.63, 3.8) is 0 Å². The van der Waals surface area contributed by atoms with Crippen LogP contribution in [0.3, 0.4) is 0 Å². The van der Waals surface area contributed by atoms with Crippen molar-refractivity contribution in [3.05, 3.63) is 65.1 Å². The molecule has 30 heavy (non-hydrogen) atoms. The lowest BCUT2D eigenvalue weighted by atomic mass is 10.0. The van der Waals surface area contributed by atoms with Gasteiger partial charge in [-0.2, -0.15) is 4.98 Å². The number of para-hydroxylation sites is 1. The molecule has 3 heterocycles. The van der Waals surface area contributed by atoms with Gasteiger partial charge in [0.05, 0.1) is 12.2 Å². The summed E-state index contributed by atoms with van der Waals surface area (Å²) < 4.78 is 12.7. The Morgan fingerprint density at radius 3 is 2.80 bits per heavy atom. The summed E-state index contributed by atoms with van der Waals surface area (Å²) in [5.41, 5.74) is 3.76. The third kappa shape index (κ3) is 3.89. The molecule has 4 rings (SSSR count). The van der Waals surface area contributed by atoms with Crippen LogP contribution in [0.2, 0.25) is 0 Å². The van der Waals surface area contributed by atoms with Gasteiger partial charge in [0.25, 0.3) is 5.91 Å². The molecule has 0 N–H and O–H groups in total. The Kier molecular flexibility index (Phi) is 5.99. The van der Waals surface area contributed by atoms with Crippen LogP contribution in [0, 0.1) is 13.8 Å². The van der Waals surface area contributed by atoms with E-state index in [9.17, 15) is 4.79 Å². The molecule has 1 aliphatic rings. The SMILES string of the molecule is COCCc1noc(C2CCCCN2C(=O)c2cc(C)n(-c3ccccc3)c2C)n1. The van der Waals surface area contributed by atoms with Gasteiger partial charge in [0.2, 0.25) is 5.89 Å². The number of hydrogen-bond acceptors (Lipinski definition) is 5. The highest BCUT2D eigenvalue weighted by molar-refractivity contribution is 5.96. The Labute approximate surface area is 176 Å². The topological polar surface area (TPSA) is 73.4 Å². The molecule has 1 amide bonds. The molecule has 1 atom stereocenters. The van der Waals surface area contributed by atoms with E-state index in [2.05, 4.69) is 26.8 Å². The number of aryl methyl sites for hydroxylation is 1. The van der Waals surface area contributed by atoms with Crippen molar-refractivity contribution in [2.24, 2.45) is 0 Å². The zero-order valence-electron chi connectivity index (χ0n) is 17.8. The minimum absolute atomic E-state index is 0.0200. The number of carbonyl (C=O) groups excluding carboxylic acids is 1. The number of piperidine rings is 1. The molecule has 158 valence electrons. The second-order valence-electron chi connectivity index (χ2n) is 7.76. The number of carbonyl (C=O) groups is 1. The molecule has 7 heteroatoms. The molecule has 1 aliphatic heterocycles. The third-order valence-corrected chi connectivity index (χ3v) is 5.74. The van der Waals surface area contributed by atoms with Crippen molar-refractivity contribution in [1.82, 2.24) is 19.6 Å². The fraction of sp³-hybridized carbons (Fsp3) is 0.435. The highest BCUT2D eigenvalue weighted by atomic mass is 16.5. The molecule has 0 spiro atoms. The molecule has 1 aromatic carbocycles. The quantitative estimate of drug-likeness (QED) is 0.616. The number of benzene rings is 1. The zero-order chi connectivity index (χ0) is 21.1. The molecule has 1 unspecified atom stereocenters. The summed E-state index contributed by atoms with van der Waals surface area (Å²) in [6, 6.07) is 11.9. The number of aromatic nitrogens is 3. The predicted molar refractivity (Wildman–Crippen MR) is 113 cm³/mol. The summed E-state index contributed by atoms with van der Waals surface area (Å²) in [4.78, 5) is 20.0. The molecular weight excluding hydrogens is 380 g/mol. The number of amides is 1. The van der Waals surface area contributed by atoms with Crippen LogP contribution in [0.25, 0.3) is 5.69 Å². The Bertz CT molecular complexity index is 1010. The molecule has 2 aromatic heterocycles. The Morgan fingerprint density at radius 2 is 2.03 bits per heavy atom. The maximum absolute atomic E-state index is 13.6. The lowest BCUT2D eigenvalue weighted by molar-refractivity contribution is 0.0560. The van der Waals surface area contributed by atoms with Gasteiger partial charge in [0.1, 0.15) is 6.04 Å². The lowest BCUT2D eigenvalue weighted by Crippen LogP contribution is -2.38. The van der Waals surface area contributed by atoms with Crippen LogP contribution in [-0.2, 0) is 11.2 Å². The van der Waals surface area contributed by atoms with E-state index in [4.69, 9.17) is 9.26 Å². The van der Waals surface area contributed by atoms with Crippen LogP contribution in [0.15, 0.2) is 40.9 Å². The van der Waals surface area contributed by atoms with Gasteiger partial charge in [-0.3, -0.25) is 4.79 Å². The molecule has 7 nitrogen and oxygen atoms in total. The molecule has 3 aromatic rings. The van der Waals surface area contributed by atoms with Crippen LogP contribution >= 0.6 is 0 Å². The standard InChI is InChI=1S/C23H28N4O3/c1-16-15-19(17(2)27(16)18-9-5-4-6-10-18)23(28)26-13-8-7-11-20(26)22-24-21(25-30-22)12-14-29-3/h4-6,9-10,15,20H,7-8,11-14H2,1-3H3. The smallest absolute Gasteiger partial charge is 0.256 e. The average molecular weight is 409 g/mol. The first-order chi connectivity index (χ1) is 14.6. The summed E-state index contributed by atoms with van der Waals surface area (Å²) in [6.07, 6.45) is 3.44. The molecule has 1 saturated heterocycles. The van der Waals surface area contributed by atoms with E-state index in [1.165, 1.54) is 0 Å². The molecule has 0 aliphatic carbocycles. The largest absolute Gasteiger partial charge is 0.384 e. The summed E-state index contributed by atoms with van der Waals surface area (Å²) >= 11 is 0. The van der Waals surface area contributed by atoms with Gasteiger partial charge in [-0.25, -0.2) is 0 Å². The van der Waals surface area contributed by atoms with Crippen LogP contribution in [-0.4, -0.2) is 45.8 Å². The van der Waals surface area contributed by atoms with Crippen molar-refractivity contribution in [1.29, 1.82) is 0 Å². The number of methoxy groups -OCH3 is 1. The van der Waals surface area contributed by atoms with Crippen molar-refractivity contribution in [2.45, 2.75) is 45.6 Å². The minimum Gasteiger partial charge on any atom is -0.384 e. The fourth-order valence-corrected chi connectivity index (χ4v) is 4.24. The summed E-state index contributed by atoms with van der Waals surface area (Å²) in [6.45, 7) is 5.26. The van der Waals surface area contributed by atoms with Crippen LogP contribution in [0.4, 0.5) is 0 Å². The number of rotatable bonds is 6. The van der Waals surface area contributed by atoms with Crippen LogP contribution in [0.5, 0.6) is 0 Å². The van der Waals surface area contributed by atoms with E-state index < -0.39 is 0 Å². The van der Waals surface area contributed by atoms with Gasteiger partial charge < -0.3 is 18.7 Å². The van der Waals surface area contributed by atoms with Gasteiger partial charge >= 0.3 is 0 Å². The summed E-state index contributed by atoms with van der Waals surface area (Å²) in [5.74, 6) is 1.16. The second-order valence-corrected chi connectivity index (χ2v) is 7.76. The highest BCUT2D eigenvalue weighted by Gasteiger charge is 2.34. The molecule has 0 radical (unpaired) electrons. The highest BCUT2D eigenvalue weighted by Crippen LogP contribution is 2.32. The fourth-order valence-electron chi connectivity index (χ4n) is 4.24. The van der Waals surface area contributed by atoms with Crippen molar-refractivity contribution in [3.8, 4) is 5.69 Å². The third-order valence-electron chi connectivity index (χ3n) is 5.74. The monoisotopic (exact) mass is 408 g/mol. The number of likely N-dealkylation sites (tertiary alicyclic amines) is 1. The molecule has 1 fully saturated rings. The van der Waals surface area contributed by atoms with Crippen LogP contribution < -0.4 is 0 Å². The van der Waals surface area contributed by atoms with Gasteiger partial charge in [-0.1, -0.05) is 23.4 Å². The Hall–Kier alpha value is -2.93. The predicted octanol–water partition coefficient (Wildman–Crippen LogP) is 4.03. The summed E-state index contributed by atoms with van der Waals surface area (Å²) in [7, 11) is 1.65. The number of hydrogen-bond donors (Lipinski definition) is 0. The lowest BCUT2D eigenvalue weighted by Gasteiger charge is -2.33. The van der Waals surface area contributed by atoms with Crippen molar-refractivity contribution >= 4 is 5.91 Å². The minimum atomic E-state index is -0.185. The van der Waals surface area contributed by atoms with E-state index in [1.807, 2.05) is 43.0 Å². The molecule has 0 saturated carbocycles. The maximum atomic E-state index is 13.6. The first kappa shape index (κ1) is 20.3. The Balaban J connectivity index is 1.62. The maximum Gasteiger partial charge on any atom is 0.256 e. The van der Waals surface area contributed by atoms with Gasteiger partial charge in [-0.05, 0) is 51.3 Å². The van der Waals surface area contributed by atoms with E-state index in [1.54, 1.807) is 7.11 Å². The van der Waals surface area contributed by atoms with Gasteiger partial charge in [-0.15, -0.1) is 0 Å². The van der Waals surface area contributed by atoms with E-state index in [0.717, 1.165) is 41.9 Å². The normalized spacial score (nSPS) is 16.8. The summed E-state index contributed by atoms with van der Waals surface area (Å²) in [5, 5.41) is 4.06. The van der Waals surface area contributed by atoms with Crippen molar-refractivity contribution in [2.75, 3.05) is 20.3 Å². The Morgan fingerprint density at radius 1 is 1.23 bits per heavy atom. The van der Waals surface area contributed by atoms with E-state index >= 15 is 0 Å². The molecular formula is C23H28N4O3.